The smallest absolute Gasteiger partial charge is 0.358 e. The summed E-state index contributed by atoms with van der Waals surface area (Å²) in [6, 6.07) is 2.66. The lowest BCUT2D eigenvalue weighted by molar-refractivity contribution is -0.385. The fourth-order valence-electron chi connectivity index (χ4n) is 1.41. The maximum atomic E-state index is 13.2. The zero-order valence-corrected chi connectivity index (χ0v) is 8.66. The fourth-order valence-corrected chi connectivity index (χ4v) is 1.41. The molecule has 0 aliphatic heterocycles. The third kappa shape index (κ3) is 2.03. The summed E-state index contributed by atoms with van der Waals surface area (Å²) in [6.07, 6.45) is 0.871. The molecule has 0 radical (unpaired) electrons. The molecule has 0 amide bonds. The number of nitro benzene ring substituents is 1. The van der Waals surface area contributed by atoms with Crippen LogP contribution in [0.4, 0.5) is 10.1 Å². The molecule has 1 N–H and O–H groups in total. The van der Waals surface area contributed by atoms with Gasteiger partial charge in [0.15, 0.2) is 17.8 Å². The van der Waals surface area contributed by atoms with Gasteiger partial charge in [0.05, 0.1) is 11.0 Å². The standard InChI is InChI=1S/C10H5FN2O5/c11-6-1-5(2-7(3-6)13(16)17)9-8(10(14)15)12-4-18-9/h1-4H,(H,14,15). The van der Waals surface area contributed by atoms with Gasteiger partial charge in [0, 0.05) is 11.6 Å². The monoisotopic (exact) mass is 252 g/mol. The second kappa shape index (κ2) is 4.24. The van der Waals surface area contributed by atoms with Gasteiger partial charge < -0.3 is 9.52 Å². The van der Waals surface area contributed by atoms with Crippen molar-refractivity contribution in [3.8, 4) is 11.3 Å². The highest BCUT2D eigenvalue weighted by Crippen LogP contribution is 2.27. The van der Waals surface area contributed by atoms with E-state index in [-0.39, 0.29) is 11.3 Å². The Balaban J connectivity index is 2.60. The van der Waals surface area contributed by atoms with Crippen LogP contribution in [0.2, 0.25) is 0 Å². The predicted octanol–water partition coefficient (Wildman–Crippen LogP) is 2.09. The molecule has 0 aliphatic rings. The van der Waals surface area contributed by atoms with E-state index in [1.165, 1.54) is 0 Å². The SMILES string of the molecule is O=C(O)c1ncoc1-c1cc(F)cc([N+](=O)[O-])c1. The summed E-state index contributed by atoms with van der Waals surface area (Å²) in [4.78, 5) is 24.0. The Morgan fingerprint density at radius 3 is 2.78 bits per heavy atom. The Kier molecular flexibility index (Phi) is 2.76. The quantitative estimate of drug-likeness (QED) is 0.662. The Morgan fingerprint density at radius 2 is 2.17 bits per heavy atom. The second-order valence-corrected chi connectivity index (χ2v) is 3.29. The zero-order chi connectivity index (χ0) is 13.3. The summed E-state index contributed by atoms with van der Waals surface area (Å²) >= 11 is 0. The second-order valence-electron chi connectivity index (χ2n) is 3.29. The molecule has 92 valence electrons. The molecule has 0 saturated carbocycles. The normalized spacial score (nSPS) is 10.3. The van der Waals surface area contributed by atoms with Crippen molar-refractivity contribution in [3.05, 3.63) is 46.2 Å². The Labute approximate surface area is 98.6 Å². The molecule has 2 rings (SSSR count). The number of non-ortho nitro benzene ring substituents is 1. The van der Waals surface area contributed by atoms with Gasteiger partial charge in [-0.3, -0.25) is 10.1 Å². The van der Waals surface area contributed by atoms with E-state index < -0.39 is 28.1 Å². The number of rotatable bonds is 3. The number of carboxylic acid groups (broad SMARTS) is 1. The lowest BCUT2D eigenvalue weighted by atomic mass is 10.1. The third-order valence-corrected chi connectivity index (χ3v) is 2.13. The molecule has 0 saturated heterocycles. The number of benzene rings is 1. The molecule has 0 atom stereocenters. The average Bonchev–Trinajstić information content (AvgIpc) is 2.76. The van der Waals surface area contributed by atoms with Crippen molar-refractivity contribution < 1.29 is 23.6 Å². The number of nitro groups is 1. The van der Waals surface area contributed by atoms with Crippen molar-refractivity contribution >= 4 is 11.7 Å². The molecule has 7 nitrogen and oxygen atoms in total. The summed E-state index contributed by atoms with van der Waals surface area (Å²) in [7, 11) is 0. The van der Waals surface area contributed by atoms with Gasteiger partial charge >= 0.3 is 5.97 Å². The Morgan fingerprint density at radius 1 is 1.44 bits per heavy atom. The molecule has 2 aromatic rings. The number of halogens is 1. The number of aromatic carboxylic acids is 1. The van der Waals surface area contributed by atoms with Crippen LogP contribution in [0.1, 0.15) is 10.5 Å². The first-order valence-electron chi connectivity index (χ1n) is 4.61. The highest BCUT2D eigenvalue weighted by Gasteiger charge is 2.20. The topological polar surface area (TPSA) is 106 Å². The van der Waals surface area contributed by atoms with Crippen LogP contribution in [0.3, 0.4) is 0 Å². The van der Waals surface area contributed by atoms with Crippen LogP contribution >= 0.6 is 0 Å². The van der Waals surface area contributed by atoms with Crippen molar-refractivity contribution in [1.82, 2.24) is 4.98 Å². The number of oxazole rings is 1. The first kappa shape index (κ1) is 11.7. The number of hydrogen-bond donors (Lipinski definition) is 1. The number of carboxylic acids is 1. The van der Waals surface area contributed by atoms with E-state index in [1.807, 2.05) is 0 Å². The molecule has 0 fully saturated rings. The first-order chi connectivity index (χ1) is 8.49. The van der Waals surface area contributed by atoms with E-state index in [2.05, 4.69) is 4.98 Å². The van der Waals surface area contributed by atoms with Crippen LogP contribution in [0.5, 0.6) is 0 Å². The van der Waals surface area contributed by atoms with Gasteiger partial charge in [0.2, 0.25) is 0 Å². The minimum absolute atomic E-state index is 0.0587. The number of carbonyl (C=O) groups is 1. The van der Waals surface area contributed by atoms with E-state index in [0.717, 1.165) is 24.6 Å². The minimum atomic E-state index is -1.37. The lowest BCUT2D eigenvalue weighted by Crippen LogP contribution is -1.99. The highest BCUT2D eigenvalue weighted by molar-refractivity contribution is 5.92. The molecule has 1 aromatic heterocycles. The summed E-state index contributed by atoms with van der Waals surface area (Å²) in [5.41, 5.74) is -0.996. The first-order valence-corrected chi connectivity index (χ1v) is 4.61. The predicted molar refractivity (Wildman–Crippen MR) is 55.5 cm³/mol. The van der Waals surface area contributed by atoms with Crippen molar-refractivity contribution in [2.45, 2.75) is 0 Å². The summed E-state index contributed by atoms with van der Waals surface area (Å²) < 4.78 is 18.0. The molecule has 0 aliphatic carbocycles. The summed E-state index contributed by atoms with van der Waals surface area (Å²) in [5, 5.41) is 19.4. The highest BCUT2D eigenvalue weighted by atomic mass is 19.1. The molecule has 0 spiro atoms. The average molecular weight is 252 g/mol. The van der Waals surface area contributed by atoms with Gasteiger partial charge in [-0.25, -0.2) is 14.2 Å². The molecule has 8 heteroatoms. The van der Waals surface area contributed by atoms with Crippen molar-refractivity contribution in [2.24, 2.45) is 0 Å². The molecule has 1 aromatic carbocycles. The van der Waals surface area contributed by atoms with Crippen LogP contribution in [0.15, 0.2) is 29.0 Å². The number of hydrogen-bond acceptors (Lipinski definition) is 5. The number of nitrogens with zero attached hydrogens (tertiary/aromatic N) is 2. The fraction of sp³-hybridized carbons (Fsp3) is 0. The van der Waals surface area contributed by atoms with Gasteiger partial charge in [-0.1, -0.05) is 0 Å². The van der Waals surface area contributed by atoms with E-state index in [9.17, 15) is 19.3 Å². The summed E-state index contributed by atoms with van der Waals surface area (Å²) in [6.45, 7) is 0. The van der Waals surface area contributed by atoms with E-state index in [4.69, 9.17) is 9.52 Å². The maximum Gasteiger partial charge on any atom is 0.358 e. The van der Waals surface area contributed by atoms with Gasteiger partial charge in [-0.05, 0) is 6.07 Å². The molecule has 0 unspecified atom stereocenters. The van der Waals surface area contributed by atoms with Crippen LogP contribution in [0.25, 0.3) is 11.3 Å². The van der Waals surface area contributed by atoms with Gasteiger partial charge in [0.1, 0.15) is 5.82 Å². The van der Waals surface area contributed by atoms with E-state index in [0.29, 0.717) is 0 Å². The van der Waals surface area contributed by atoms with Crippen LogP contribution in [-0.2, 0) is 0 Å². The third-order valence-electron chi connectivity index (χ3n) is 2.13. The van der Waals surface area contributed by atoms with Gasteiger partial charge in [-0.2, -0.15) is 0 Å². The molecule has 1 heterocycles. The Hall–Kier alpha value is -2.77. The van der Waals surface area contributed by atoms with Crippen molar-refractivity contribution in [2.75, 3.05) is 0 Å². The van der Waals surface area contributed by atoms with Crippen molar-refractivity contribution in [1.29, 1.82) is 0 Å². The zero-order valence-electron chi connectivity index (χ0n) is 8.66. The molecular formula is C10H5FN2O5. The number of aromatic nitrogens is 1. The van der Waals surface area contributed by atoms with Crippen LogP contribution in [-0.4, -0.2) is 21.0 Å². The lowest BCUT2D eigenvalue weighted by Gasteiger charge is -1.99. The van der Waals surface area contributed by atoms with E-state index in [1.54, 1.807) is 0 Å². The van der Waals surface area contributed by atoms with E-state index >= 15 is 0 Å². The molecule has 0 bridgehead atoms. The minimum Gasteiger partial charge on any atom is -0.476 e. The van der Waals surface area contributed by atoms with Crippen LogP contribution < -0.4 is 0 Å². The Bertz CT molecular complexity index is 637. The largest absolute Gasteiger partial charge is 0.476 e. The van der Waals surface area contributed by atoms with Gasteiger partial charge in [-0.15, -0.1) is 0 Å². The molecule has 18 heavy (non-hydrogen) atoms. The van der Waals surface area contributed by atoms with Crippen LogP contribution in [0, 0.1) is 15.9 Å². The van der Waals surface area contributed by atoms with Gasteiger partial charge in [0.25, 0.3) is 5.69 Å². The van der Waals surface area contributed by atoms with Crippen molar-refractivity contribution in [3.63, 3.8) is 0 Å². The molecular weight excluding hydrogens is 247 g/mol. The summed E-state index contributed by atoms with van der Waals surface area (Å²) in [5.74, 6) is -2.47. The maximum absolute atomic E-state index is 13.2.